The van der Waals surface area contributed by atoms with Crippen molar-refractivity contribution in [2.45, 2.75) is 38.8 Å². The van der Waals surface area contributed by atoms with Gasteiger partial charge in [-0.25, -0.2) is 0 Å². The lowest BCUT2D eigenvalue weighted by atomic mass is 10.1. The molecule has 1 unspecified atom stereocenters. The fraction of sp³-hybridized carbons (Fsp3) is 0.219. The van der Waals surface area contributed by atoms with Crippen LogP contribution in [0.3, 0.4) is 0 Å². The van der Waals surface area contributed by atoms with Crippen molar-refractivity contribution >= 4 is 49.6 Å². The van der Waals surface area contributed by atoms with Gasteiger partial charge >= 0.3 is 5.97 Å². The van der Waals surface area contributed by atoms with Gasteiger partial charge in [-0.3, -0.25) is 4.79 Å². The monoisotopic (exact) mass is 474 g/mol. The van der Waals surface area contributed by atoms with Crippen LogP contribution in [0.1, 0.15) is 32.2 Å². The molecule has 0 aliphatic heterocycles. The number of nitrogens with zero attached hydrogens (tertiary/aromatic N) is 2. The van der Waals surface area contributed by atoms with Crippen molar-refractivity contribution in [3.8, 4) is 0 Å². The number of carbonyl (C=O) groups excluding carboxylic acids is 1. The van der Waals surface area contributed by atoms with Crippen LogP contribution in [0.15, 0.2) is 97.1 Å². The van der Waals surface area contributed by atoms with E-state index in [0.29, 0.717) is 6.61 Å². The van der Waals surface area contributed by atoms with Gasteiger partial charge in [-0.05, 0) is 43.5 Å². The lowest BCUT2D eigenvalue weighted by molar-refractivity contribution is -0.142. The highest BCUT2D eigenvalue weighted by molar-refractivity contribution is 6.08. The van der Waals surface area contributed by atoms with Gasteiger partial charge in [0.2, 0.25) is 0 Å². The Kier molecular flexibility index (Phi) is 5.94. The van der Waals surface area contributed by atoms with Gasteiger partial charge in [0.15, 0.2) is 0 Å². The van der Waals surface area contributed by atoms with Crippen LogP contribution < -0.4 is 0 Å². The molecule has 0 saturated carbocycles. The third-order valence-corrected chi connectivity index (χ3v) is 7.31. The molecule has 0 spiro atoms. The van der Waals surface area contributed by atoms with E-state index in [0.717, 1.165) is 25.8 Å². The molecule has 0 fully saturated rings. The standard InChI is InChI=1S/C32H30N2O2/c1-23(35)36-22-24(34-31-19-8-4-15-27(31)28-16-5-9-20-32(28)34)12-10-11-21-33-29-17-6-2-13-25(29)26-14-3-7-18-30(26)33/h2-9,13-20,24H,10-12,21-22H2,1H3. The molecule has 0 aliphatic rings. The molecule has 1 atom stereocenters. The molecule has 2 aromatic heterocycles. The minimum Gasteiger partial charge on any atom is -0.464 e. The Hall–Kier alpha value is -4.05. The minimum atomic E-state index is -0.231. The molecular formula is C32H30N2O2. The number of esters is 1. The van der Waals surface area contributed by atoms with Gasteiger partial charge in [0.05, 0.1) is 6.04 Å². The summed E-state index contributed by atoms with van der Waals surface area (Å²) in [6.45, 7) is 2.83. The zero-order chi connectivity index (χ0) is 24.5. The van der Waals surface area contributed by atoms with E-state index >= 15 is 0 Å². The third kappa shape index (κ3) is 3.93. The Morgan fingerprint density at radius 3 is 1.61 bits per heavy atom. The number of aromatic nitrogens is 2. The van der Waals surface area contributed by atoms with Crippen molar-refractivity contribution in [1.82, 2.24) is 9.13 Å². The molecule has 0 bridgehead atoms. The predicted octanol–water partition coefficient (Wildman–Crippen LogP) is 7.88. The molecule has 4 nitrogen and oxygen atoms in total. The second-order valence-corrected chi connectivity index (χ2v) is 9.54. The first-order valence-corrected chi connectivity index (χ1v) is 12.8. The van der Waals surface area contributed by atoms with E-state index in [2.05, 4.69) is 106 Å². The molecule has 2 heterocycles. The number of para-hydroxylation sites is 4. The Bertz CT molecular complexity index is 1580. The van der Waals surface area contributed by atoms with Crippen LogP contribution in [0.25, 0.3) is 43.6 Å². The van der Waals surface area contributed by atoms with E-state index in [4.69, 9.17) is 4.74 Å². The highest BCUT2D eigenvalue weighted by Gasteiger charge is 2.19. The molecule has 4 heteroatoms. The number of unbranched alkanes of at least 4 members (excludes halogenated alkanes) is 1. The summed E-state index contributed by atoms with van der Waals surface area (Å²) in [5.41, 5.74) is 4.96. The van der Waals surface area contributed by atoms with E-state index in [1.807, 2.05) is 0 Å². The average Bonchev–Trinajstić information content (AvgIpc) is 3.41. The van der Waals surface area contributed by atoms with Crippen LogP contribution in [-0.4, -0.2) is 21.7 Å². The van der Waals surface area contributed by atoms with Crippen LogP contribution in [0.4, 0.5) is 0 Å². The lowest BCUT2D eigenvalue weighted by Crippen LogP contribution is -2.17. The van der Waals surface area contributed by atoms with E-state index < -0.39 is 0 Å². The van der Waals surface area contributed by atoms with E-state index in [1.54, 1.807) is 0 Å². The topological polar surface area (TPSA) is 36.2 Å². The minimum absolute atomic E-state index is 0.0804. The molecule has 0 radical (unpaired) electrons. The van der Waals surface area contributed by atoms with E-state index in [-0.39, 0.29) is 12.0 Å². The van der Waals surface area contributed by atoms with Crippen molar-refractivity contribution in [3.05, 3.63) is 97.1 Å². The Labute approximate surface area is 210 Å². The summed E-state index contributed by atoms with van der Waals surface area (Å²) in [7, 11) is 0. The van der Waals surface area contributed by atoms with Gasteiger partial charge in [-0.15, -0.1) is 0 Å². The SMILES string of the molecule is CC(=O)OCC(CCCCn1c2ccccc2c2ccccc21)n1c2ccccc2c2ccccc21. The zero-order valence-corrected chi connectivity index (χ0v) is 20.6. The molecule has 180 valence electrons. The number of hydrogen-bond donors (Lipinski definition) is 0. The molecule has 6 aromatic rings. The number of benzene rings is 4. The van der Waals surface area contributed by atoms with Crippen molar-refractivity contribution < 1.29 is 9.53 Å². The quantitative estimate of drug-likeness (QED) is 0.166. The lowest BCUT2D eigenvalue weighted by Gasteiger charge is -2.21. The van der Waals surface area contributed by atoms with E-state index in [1.165, 1.54) is 50.5 Å². The number of rotatable bonds is 8. The maximum Gasteiger partial charge on any atom is 0.302 e. The molecule has 0 N–H and O–H groups in total. The summed E-state index contributed by atoms with van der Waals surface area (Å²) >= 11 is 0. The van der Waals surface area contributed by atoms with Gasteiger partial charge in [0.25, 0.3) is 0 Å². The molecule has 0 saturated heterocycles. The number of carbonyl (C=O) groups is 1. The number of aryl methyl sites for hydroxylation is 1. The molecule has 0 amide bonds. The normalized spacial score (nSPS) is 12.6. The summed E-state index contributed by atoms with van der Waals surface area (Å²) in [4.78, 5) is 11.7. The third-order valence-electron chi connectivity index (χ3n) is 7.31. The van der Waals surface area contributed by atoms with Crippen LogP contribution in [-0.2, 0) is 16.1 Å². The molecule has 6 rings (SSSR count). The highest BCUT2D eigenvalue weighted by Crippen LogP contribution is 2.34. The number of ether oxygens (including phenoxy) is 1. The van der Waals surface area contributed by atoms with Crippen molar-refractivity contribution in [2.24, 2.45) is 0 Å². The fourth-order valence-corrected chi connectivity index (χ4v) is 5.74. The first kappa shape index (κ1) is 22.4. The number of fused-ring (bicyclic) bond motifs is 6. The van der Waals surface area contributed by atoms with Gasteiger partial charge in [-0.2, -0.15) is 0 Å². The molecule has 36 heavy (non-hydrogen) atoms. The Morgan fingerprint density at radius 1 is 0.667 bits per heavy atom. The van der Waals surface area contributed by atoms with Crippen LogP contribution >= 0.6 is 0 Å². The second kappa shape index (κ2) is 9.54. The second-order valence-electron chi connectivity index (χ2n) is 9.54. The first-order valence-electron chi connectivity index (χ1n) is 12.8. The number of hydrogen-bond acceptors (Lipinski definition) is 2. The van der Waals surface area contributed by atoms with Gasteiger partial charge in [0, 0.05) is 57.1 Å². The van der Waals surface area contributed by atoms with Crippen LogP contribution in [0.5, 0.6) is 0 Å². The van der Waals surface area contributed by atoms with Gasteiger partial charge in [0.1, 0.15) is 6.61 Å². The maximum atomic E-state index is 11.7. The summed E-state index contributed by atoms with van der Waals surface area (Å²) in [6.07, 6.45) is 3.02. The summed E-state index contributed by atoms with van der Waals surface area (Å²) in [5.74, 6) is -0.231. The maximum absolute atomic E-state index is 11.7. The van der Waals surface area contributed by atoms with E-state index in [9.17, 15) is 4.79 Å². The Balaban J connectivity index is 1.28. The first-order chi connectivity index (χ1) is 17.7. The molecule has 4 aromatic carbocycles. The smallest absolute Gasteiger partial charge is 0.302 e. The van der Waals surface area contributed by atoms with Gasteiger partial charge in [-0.1, -0.05) is 72.8 Å². The average molecular weight is 475 g/mol. The summed E-state index contributed by atoms with van der Waals surface area (Å²) in [6, 6.07) is 34.5. The predicted molar refractivity (Wildman–Crippen MR) is 148 cm³/mol. The zero-order valence-electron chi connectivity index (χ0n) is 20.6. The summed E-state index contributed by atoms with van der Waals surface area (Å²) in [5, 5.41) is 5.11. The van der Waals surface area contributed by atoms with Crippen molar-refractivity contribution in [3.63, 3.8) is 0 Å². The van der Waals surface area contributed by atoms with Crippen molar-refractivity contribution in [1.29, 1.82) is 0 Å². The Morgan fingerprint density at radius 2 is 1.11 bits per heavy atom. The fourth-order valence-electron chi connectivity index (χ4n) is 5.74. The van der Waals surface area contributed by atoms with Crippen LogP contribution in [0.2, 0.25) is 0 Å². The highest BCUT2D eigenvalue weighted by atomic mass is 16.5. The largest absolute Gasteiger partial charge is 0.464 e. The van der Waals surface area contributed by atoms with Gasteiger partial charge < -0.3 is 13.9 Å². The molecule has 0 aliphatic carbocycles. The van der Waals surface area contributed by atoms with Crippen molar-refractivity contribution in [2.75, 3.05) is 6.61 Å². The summed E-state index contributed by atoms with van der Waals surface area (Å²) < 4.78 is 10.4. The molecular weight excluding hydrogens is 444 g/mol. The van der Waals surface area contributed by atoms with Crippen LogP contribution in [0, 0.1) is 0 Å².